The van der Waals surface area contributed by atoms with Crippen LogP contribution in [0.25, 0.3) is 0 Å². The Morgan fingerprint density at radius 1 is 1.06 bits per heavy atom. The summed E-state index contributed by atoms with van der Waals surface area (Å²) in [5, 5.41) is 8.16. The molecule has 0 rings (SSSR count). The fraction of sp³-hybridized carbons (Fsp3) is 1.00. The van der Waals surface area contributed by atoms with Gasteiger partial charge in [-0.1, -0.05) is 0 Å². The molecule has 0 aromatic heterocycles. The number of aliphatic hydroxyl groups excluding tert-OH is 1. The third-order valence-corrected chi connectivity index (χ3v) is 1.74. The van der Waals surface area contributed by atoms with Gasteiger partial charge >= 0.3 is 18.0 Å². The average molecular weight is 258 g/mol. The molecule has 0 aliphatic carbocycles. The maximum Gasteiger partial charge on any atom is 0.459 e. The molecule has 0 saturated carbocycles. The van der Waals surface area contributed by atoms with Crippen LogP contribution in [0.4, 0.5) is 30.7 Å². The molecule has 0 heterocycles. The van der Waals surface area contributed by atoms with Gasteiger partial charge in [0, 0.05) is 0 Å². The van der Waals surface area contributed by atoms with Crippen molar-refractivity contribution in [3.63, 3.8) is 0 Å². The number of hydrogen-bond donors (Lipinski definition) is 1. The Kier molecular flexibility index (Phi) is 4.57. The Balaban J connectivity index is 4.89. The van der Waals surface area contributed by atoms with Crippen molar-refractivity contribution < 1.29 is 40.6 Å². The lowest BCUT2D eigenvalue weighted by molar-refractivity contribution is -0.372. The standard InChI is InChI=1S/C7H9F7O2/c1-4(16-3-2-15)5(8,9)6(10,11)7(12,13)14/h4,15H,2-3H2,1H3. The van der Waals surface area contributed by atoms with Crippen LogP contribution >= 0.6 is 0 Å². The number of hydrogen-bond acceptors (Lipinski definition) is 2. The first-order chi connectivity index (χ1) is 6.98. The molecule has 0 fully saturated rings. The van der Waals surface area contributed by atoms with Crippen LogP contribution in [0.5, 0.6) is 0 Å². The molecular formula is C7H9F7O2. The molecule has 0 aliphatic rings. The normalized spacial score (nSPS) is 16.3. The van der Waals surface area contributed by atoms with Crippen LogP contribution in [-0.4, -0.2) is 42.4 Å². The predicted octanol–water partition coefficient (Wildman–Crippen LogP) is 2.22. The van der Waals surface area contributed by atoms with Gasteiger partial charge in [-0.15, -0.1) is 0 Å². The van der Waals surface area contributed by atoms with Crippen molar-refractivity contribution >= 4 is 0 Å². The fourth-order valence-electron chi connectivity index (χ4n) is 0.778. The van der Waals surface area contributed by atoms with Crippen molar-refractivity contribution in [2.24, 2.45) is 0 Å². The molecule has 1 N–H and O–H groups in total. The zero-order valence-electron chi connectivity index (χ0n) is 7.99. The SMILES string of the molecule is CC(OCCO)C(F)(F)C(F)(F)C(F)(F)F. The summed E-state index contributed by atoms with van der Waals surface area (Å²) in [6, 6.07) is 0. The Hall–Kier alpha value is -0.570. The van der Waals surface area contributed by atoms with E-state index in [2.05, 4.69) is 4.74 Å². The molecule has 98 valence electrons. The van der Waals surface area contributed by atoms with Crippen molar-refractivity contribution in [1.29, 1.82) is 0 Å². The minimum Gasteiger partial charge on any atom is -0.394 e. The molecule has 0 aliphatic heterocycles. The zero-order chi connectivity index (χ0) is 13.2. The number of ether oxygens (including phenoxy) is 1. The van der Waals surface area contributed by atoms with Crippen molar-refractivity contribution in [2.75, 3.05) is 13.2 Å². The smallest absolute Gasteiger partial charge is 0.394 e. The summed E-state index contributed by atoms with van der Waals surface area (Å²) >= 11 is 0. The van der Waals surface area contributed by atoms with Crippen molar-refractivity contribution in [2.45, 2.75) is 31.0 Å². The highest BCUT2D eigenvalue weighted by Crippen LogP contribution is 2.48. The molecular weight excluding hydrogens is 249 g/mol. The third kappa shape index (κ3) is 2.76. The van der Waals surface area contributed by atoms with Gasteiger partial charge in [-0.25, -0.2) is 0 Å². The first-order valence-electron chi connectivity index (χ1n) is 4.03. The Morgan fingerprint density at radius 3 is 1.81 bits per heavy atom. The van der Waals surface area contributed by atoms with Gasteiger partial charge < -0.3 is 9.84 Å². The topological polar surface area (TPSA) is 29.5 Å². The Bertz CT molecular complexity index is 225. The summed E-state index contributed by atoms with van der Waals surface area (Å²) in [7, 11) is 0. The van der Waals surface area contributed by atoms with E-state index in [0.717, 1.165) is 0 Å². The lowest BCUT2D eigenvalue weighted by Gasteiger charge is -2.32. The molecule has 2 nitrogen and oxygen atoms in total. The molecule has 0 spiro atoms. The van der Waals surface area contributed by atoms with Crippen molar-refractivity contribution in [3.8, 4) is 0 Å². The van der Waals surface area contributed by atoms with Crippen molar-refractivity contribution in [1.82, 2.24) is 0 Å². The molecule has 9 heteroatoms. The van der Waals surface area contributed by atoms with E-state index in [1.807, 2.05) is 0 Å². The van der Waals surface area contributed by atoms with Crippen LogP contribution in [0.2, 0.25) is 0 Å². The minimum atomic E-state index is -6.37. The van der Waals surface area contributed by atoms with E-state index in [1.54, 1.807) is 0 Å². The summed E-state index contributed by atoms with van der Waals surface area (Å²) in [5.74, 6) is -11.6. The third-order valence-electron chi connectivity index (χ3n) is 1.74. The molecule has 0 aromatic carbocycles. The van der Waals surface area contributed by atoms with E-state index >= 15 is 0 Å². The van der Waals surface area contributed by atoms with Gasteiger partial charge in [0.1, 0.15) is 6.10 Å². The molecule has 0 amide bonds. The van der Waals surface area contributed by atoms with Gasteiger partial charge in [-0.3, -0.25) is 0 Å². The minimum absolute atomic E-state index is 0.370. The second-order valence-corrected chi connectivity index (χ2v) is 2.93. The lowest BCUT2D eigenvalue weighted by Crippen LogP contribution is -2.57. The first kappa shape index (κ1) is 15.4. The summed E-state index contributed by atoms with van der Waals surface area (Å²) < 4.78 is 89.2. The summed E-state index contributed by atoms with van der Waals surface area (Å²) in [5.41, 5.74) is 0. The van der Waals surface area contributed by atoms with E-state index in [4.69, 9.17) is 5.11 Å². The van der Waals surface area contributed by atoms with E-state index in [0.29, 0.717) is 6.92 Å². The zero-order valence-corrected chi connectivity index (χ0v) is 7.99. The number of rotatable bonds is 5. The maximum absolute atomic E-state index is 12.7. The van der Waals surface area contributed by atoms with Crippen molar-refractivity contribution in [3.05, 3.63) is 0 Å². The van der Waals surface area contributed by atoms with Crippen LogP contribution in [0, 0.1) is 0 Å². The number of alkyl halides is 7. The van der Waals surface area contributed by atoms with Gasteiger partial charge in [0.15, 0.2) is 0 Å². The van der Waals surface area contributed by atoms with Gasteiger partial charge in [0.05, 0.1) is 13.2 Å². The highest BCUT2D eigenvalue weighted by Gasteiger charge is 2.74. The van der Waals surface area contributed by atoms with Crippen LogP contribution in [-0.2, 0) is 4.74 Å². The second-order valence-electron chi connectivity index (χ2n) is 2.93. The van der Waals surface area contributed by atoms with Gasteiger partial charge in [0.2, 0.25) is 0 Å². The summed E-state index contributed by atoms with van der Waals surface area (Å²) in [4.78, 5) is 0. The molecule has 0 aromatic rings. The van der Waals surface area contributed by atoms with E-state index in [9.17, 15) is 30.7 Å². The van der Waals surface area contributed by atoms with E-state index < -0.39 is 37.3 Å². The predicted molar refractivity (Wildman–Crippen MR) is 38.4 cm³/mol. The van der Waals surface area contributed by atoms with Gasteiger partial charge in [0.25, 0.3) is 0 Å². The molecule has 16 heavy (non-hydrogen) atoms. The van der Waals surface area contributed by atoms with Crippen LogP contribution < -0.4 is 0 Å². The summed E-state index contributed by atoms with van der Waals surface area (Å²) in [6.07, 6.45) is -9.04. The quantitative estimate of drug-likeness (QED) is 0.766. The lowest BCUT2D eigenvalue weighted by atomic mass is 10.1. The van der Waals surface area contributed by atoms with Crippen LogP contribution in [0.3, 0.4) is 0 Å². The Labute approximate surface area is 86.0 Å². The first-order valence-corrected chi connectivity index (χ1v) is 4.03. The molecule has 1 atom stereocenters. The van der Waals surface area contributed by atoms with Gasteiger partial charge in [-0.2, -0.15) is 30.7 Å². The largest absolute Gasteiger partial charge is 0.459 e. The average Bonchev–Trinajstić information content (AvgIpc) is 2.11. The van der Waals surface area contributed by atoms with Crippen LogP contribution in [0.1, 0.15) is 6.92 Å². The molecule has 0 saturated heterocycles. The highest BCUT2D eigenvalue weighted by atomic mass is 19.4. The fourth-order valence-corrected chi connectivity index (χ4v) is 0.778. The monoisotopic (exact) mass is 258 g/mol. The number of halogens is 7. The highest BCUT2D eigenvalue weighted by molar-refractivity contribution is 4.95. The molecule has 1 unspecified atom stereocenters. The Morgan fingerprint density at radius 2 is 1.50 bits per heavy atom. The van der Waals surface area contributed by atoms with Gasteiger partial charge in [-0.05, 0) is 6.92 Å². The summed E-state index contributed by atoms with van der Waals surface area (Å²) in [6.45, 7) is -1.15. The van der Waals surface area contributed by atoms with Crippen LogP contribution in [0.15, 0.2) is 0 Å². The number of aliphatic hydroxyl groups is 1. The van der Waals surface area contributed by atoms with E-state index in [-0.39, 0.29) is 0 Å². The second kappa shape index (κ2) is 4.74. The molecule has 0 bridgehead atoms. The van der Waals surface area contributed by atoms with E-state index in [1.165, 1.54) is 0 Å². The maximum atomic E-state index is 12.7. The molecule has 0 radical (unpaired) electrons.